The fraction of sp³-hybridized carbons (Fsp3) is 0.333. The molecule has 1 atom stereocenters. The van der Waals surface area contributed by atoms with Crippen LogP contribution in [0.25, 0.3) is 0 Å². The Kier molecular flexibility index (Phi) is 3.57. The fourth-order valence-corrected chi connectivity index (χ4v) is 1.83. The molecule has 4 heteroatoms. The van der Waals surface area contributed by atoms with Crippen LogP contribution in [0.5, 0.6) is 0 Å². The molecule has 0 saturated heterocycles. The Labute approximate surface area is 99.4 Å². The minimum atomic E-state index is 0.182. The molecule has 1 heterocycles. The summed E-state index contributed by atoms with van der Waals surface area (Å²) in [6.45, 7) is 2.11. The van der Waals surface area contributed by atoms with E-state index >= 15 is 0 Å². The van der Waals surface area contributed by atoms with Gasteiger partial charge in [-0.15, -0.1) is 11.6 Å². The van der Waals surface area contributed by atoms with Gasteiger partial charge >= 0.3 is 0 Å². The highest BCUT2D eigenvalue weighted by Gasteiger charge is 2.17. The average molecular weight is 237 g/mol. The molecule has 2 aromatic rings. The van der Waals surface area contributed by atoms with Crippen molar-refractivity contribution < 1.29 is 4.52 Å². The Morgan fingerprint density at radius 3 is 2.62 bits per heavy atom. The smallest absolute Gasteiger partial charge is 0.241 e. The number of aromatic nitrogens is 2. The van der Waals surface area contributed by atoms with Gasteiger partial charge in [0.1, 0.15) is 5.88 Å². The number of hydrogen-bond donors (Lipinski definition) is 0. The molecular weight excluding hydrogens is 224 g/mol. The van der Waals surface area contributed by atoms with E-state index in [2.05, 4.69) is 29.2 Å². The number of nitrogens with zero attached hydrogens (tertiary/aromatic N) is 2. The average Bonchev–Trinajstić information content (AvgIpc) is 2.80. The molecule has 1 aromatic heterocycles. The van der Waals surface area contributed by atoms with Gasteiger partial charge in [0.2, 0.25) is 5.89 Å². The molecular formula is C12H13ClN2O. The van der Waals surface area contributed by atoms with Gasteiger partial charge in [-0.3, -0.25) is 0 Å². The minimum Gasteiger partial charge on any atom is -0.338 e. The van der Waals surface area contributed by atoms with Crippen LogP contribution in [0, 0.1) is 0 Å². The van der Waals surface area contributed by atoms with Crippen molar-refractivity contribution in [2.24, 2.45) is 0 Å². The van der Waals surface area contributed by atoms with Crippen molar-refractivity contribution in [2.75, 3.05) is 0 Å². The molecule has 0 unspecified atom stereocenters. The lowest BCUT2D eigenvalue weighted by atomic mass is 9.96. The second-order valence-electron chi connectivity index (χ2n) is 3.55. The van der Waals surface area contributed by atoms with Crippen molar-refractivity contribution in [3.05, 3.63) is 47.6 Å². The number of alkyl halides is 1. The van der Waals surface area contributed by atoms with E-state index in [9.17, 15) is 0 Å². The van der Waals surface area contributed by atoms with Crippen LogP contribution in [-0.4, -0.2) is 10.1 Å². The quantitative estimate of drug-likeness (QED) is 0.765. The second-order valence-corrected chi connectivity index (χ2v) is 3.82. The summed E-state index contributed by atoms with van der Waals surface area (Å²) >= 11 is 5.64. The molecule has 0 aliphatic carbocycles. The van der Waals surface area contributed by atoms with Crippen molar-refractivity contribution in [2.45, 2.75) is 25.1 Å². The third-order valence-electron chi connectivity index (χ3n) is 2.52. The zero-order chi connectivity index (χ0) is 11.4. The largest absolute Gasteiger partial charge is 0.338 e. The van der Waals surface area contributed by atoms with Crippen LogP contribution in [0.2, 0.25) is 0 Å². The molecule has 0 fully saturated rings. The van der Waals surface area contributed by atoms with Crippen LogP contribution in [-0.2, 0) is 5.88 Å². The Morgan fingerprint density at radius 1 is 1.31 bits per heavy atom. The maximum Gasteiger partial charge on any atom is 0.241 e. The molecule has 0 N–H and O–H groups in total. The predicted molar refractivity (Wildman–Crippen MR) is 62.4 cm³/mol. The summed E-state index contributed by atoms with van der Waals surface area (Å²) in [5, 5.41) is 3.96. The fourth-order valence-electron chi connectivity index (χ4n) is 1.72. The molecule has 2 rings (SSSR count). The van der Waals surface area contributed by atoms with Crippen LogP contribution in [0.1, 0.15) is 36.5 Å². The monoisotopic (exact) mass is 236 g/mol. The lowest BCUT2D eigenvalue weighted by molar-refractivity contribution is 0.381. The summed E-state index contributed by atoms with van der Waals surface area (Å²) in [6.07, 6.45) is 0.936. The van der Waals surface area contributed by atoms with Crippen molar-refractivity contribution in [1.82, 2.24) is 10.1 Å². The third kappa shape index (κ3) is 2.25. The number of benzene rings is 1. The van der Waals surface area contributed by atoms with E-state index in [1.165, 1.54) is 5.56 Å². The minimum absolute atomic E-state index is 0.182. The first-order chi connectivity index (χ1) is 7.85. The first-order valence-electron chi connectivity index (χ1n) is 5.28. The molecule has 16 heavy (non-hydrogen) atoms. The summed E-state index contributed by atoms with van der Waals surface area (Å²) in [4.78, 5) is 4.27. The van der Waals surface area contributed by atoms with Crippen LogP contribution in [0.15, 0.2) is 34.9 Å². The lowest BCUT2D eigenvalue weighted by Crippen LogP contribution is -2.01. The SMILES string of the molecule is CC[C@@H](c1ccccc1)c1noc(CCl)n1. The van der Waals surface area contributed by atoms with Gasteiger partial charge in [-0.1, -0.05) is 42.4 Å². The zero-order valence-electron chi connectivity index (χ0n) is 9.06. The summed E-state index contributed by atoms with van der Waals surface area (Å²) in [6, 6.07) is 10.2. The predicted octanol–water partition coefficient (Wildman–Crippen LogP) is 3.35. The Balaban J connectivity index is 2.29. The Bertz CT molecular complexity index is 441. The summed E-state index contributed by atoms with van der Waals surface area (Å²) in [7, 11) is 0. The van der Waals surface area contributed by atoms with Gasteiger partial charge in [0, 0.05) is 5.92 Å². The van der Waals surface area contributed by atoms with Crippen molar-refractivity contribution in [3.8, 4) is 0 Å². The molecule has 84 valence electrons. The standard InChI is InChI=1S/C12H13ClN2O/c1-2-10(9-6-4-3-5-7-9)12-14-11(8-13)16-15-12/h3-7,10H,2,8H2,1H3/t10-/m0/s1. The number of hydrogen-bond acceptors (Lipinski definition) is 3. The molecule has 0 aliphatic rings. The molecule has 0 saturated carbocycles. The molecule has 0 amide bonds. The summed E-state index contributed by atoms with van der Waals surface area (Å²) in [5.74, 6) is 1.63. The molecule has 0 aliphatic heterocycles. The van der Waals surface area contributed by atoms with Crippen molar-refractivity contribution in [3.63, 3.8) is 0 Å². The van der Waals surface area contributed by atoms with E-state index in [1.54, 1.807) is 0 Å². The highest BCUT2D eigenvalue weighted by atomic mass is 35.5. The van der Waals surface area contributed by atoms with Gasteiger partial charge in [0.15, 0.2) is 5.82 Å². The number of rotatable bonds is 4. The van der Waals surface area contributed by atoms with E-state index in [0.29, 0.717) is 11.7 Å². The van der Waals surface area contributed by atoms with Gasteiger partial charge in [0.25, 0.3) is 0 Å². The molecule has 0 bridgehead atoms. The lowest BCUT2D eigenvalue weighted by Gasteiger charge is -2.09. The maximum atomic E-state index is 5.64. The second kappa shape index (κ2) is 5.12. The van der Waals surface area contributed by atoms with Crippen molar-refractivity contribution >= 4 is 11.6 Å². The molecule has 0 spiro atoms. The zero-order valence-corrected chi connectivity index (χ0v) is 9.81. The molecule has 3 nitrogen and oxygen atoms in total. The first-order valence-corrected chi connectivity index (χ1v) is 5.82. The summed E-state index contributed by atoms with van der Waals surface area (Å²) in [5.41, 5.74) is 1.20. The summed E-state index contributed by atoms with van der Waals surface area (Å²) < 4.78 is 5.03. The van der Waals surface area contributed by atoms with E-state index in [1.807, 2.05) is 18.2 Å². The van der Waals surface area contributed by atoms with Crippen molar-refractivity contribution in [1.29, 1.82) is 0 Å². The third-order valence-corrected chi connectivity index (χ3v) is 2.75. The van der Waals surface area contributed by atoms with Crippen LogP contribution < -0.4 is 0 Å². The van der Waals surface area contributed by atoms with Crippen LogP contribution >= 0.6 is 11.6 Å². The van der Waals surface area contributed by atoms with Gasteiger partial charge in [-0.05, 0) is 12.0 Å². The van der Waals surface area contributed by atoms with E-state index in [4.69, 9.17) is 16.1 Å². The Morgan fingerprint density at radius 2 is 2.06 bits per heavy atom. The van der Waals surface area contributed by atoms with Crippen LogP contribution in [0.3, 0.4) is 0 Å². The normalized spacial score (nSPS) is 12.6. The highest BCUT2D eigenvalue weighted by Crippen LogP contribution is 2.25. The molecule has 1 aromatic carbocycles. The maximum absolute atomic E-state index is 5.64. The van der Waals surface area contributed by atoms with Crippen LogP contribution in [0.4, 0.5) is 0 Å². The van der Waals surface area contributed by atoms with Gasteiger partial charge < -0.3 is 4.52 Å². The first kappa shape index (κ1) is 11.1. The van der Waals surface area contributed by atoms with E-state index in [0.717, 1.165) is 6.42 Å². The van der Waals surface area contributed by atoms with Gasteiger partial charge in [0.05, 0.1) is 0 Å². The van der Waals surface area contributed by atoms with Gasteiger partial charge in [-0.2, -0.15) is 4.98 Å². The Hall–Kier alpha value is -1.35. The van der Waals surface area contributed by atoms with Gasteiger partial charge in [-0.25, -0.2) is 0 Å². The van der Waals surface area contributed by atoms with E-state index in [-0.39, 0.29) is 11.8 Å². The highest BCUT2D eigenvalue weighted by molar-refractivity contribution is 6.16. The topological polar surface area (TPSA) is 38.9 Å². The number of halogens is 1. The molecule has 0 radical (unpaired) electrons. The van der Waals surface area contributed by atoms with E-state index < -0.39 is 0 Å².